The number of carbonyl (C=O) groups excluding carboxylic acids is 2. The van der Waals surface area contributed by atoms with Crippen molar-refractivity contribution in [3.63, 3.8) is 0 Å². The minimum absolute atomic E-state index is 0.0833. The minimum Gasteiger partial charge on any atom is -0.370 e. The molecule has 1 aromatic rings. The summed E-state index contributed by atoms with van der Waals surface area (Å²) in [7, 11) is 0. The Balaban J connectivity index is 2.09. The smallest absolute Gasteiger partial charge is 0.274 e. The molecule has 0 aromatic carbocycles. The van der Waals surface area contributed by atoms with Gasteiger partial charge in [-0.1, -0.05) is 13.3 Å². The molecule has 2 rings (SSSR count). The number of nitrogens with two attached hydrogens (primary N) is 1. The number of hydrogen-bond acceptors (Lipinski definition) is 3. The first-order chi connectivity index (χ1) is 9.61. The Hall–Kier alpha value is -1.85. The van der Waals surface area contributed by atoms with Gasteiger partial charge in [-0.3, -0.25) is 14.7 Å². The van der Waals surface area contributed by atoms with Crippen LogP contribution in [0.3, 0.4) is 0 Å². The Morgan fingerprint density at radius 1 is 1.50 bits per heavy atom. The number of carbonyl (C=O) groups is 2. The molecule has 3 N–H and O–H groups in total. The maximum absolute atomic E-state index is 12.5. The van der Waals surface area contributed by atoms with E-state index >= 15 is 0 Å². The van der Waals surface area contributed by atoms with Crippen molar-refractivity contribution >= 4 is 11.8 Å². The predicted molar refractivity (Wildman–Crippen MR) is 75.1 cm³/mol. The SMILES string of the molecule is CCCc1cc(C(=O)N2CCCC[C@@H]2CC(N)=O)n[nH]1. The summed E-state index contributed by atoms with van der Waals surface area (Å²) in [5, 5.41) is 6.98. The molecule has 0 bridgehead atoms. The van der Waals surface area contributed by atoms with Crippen LogP contribution in [0.25, 0.3) is 0 Å². The minimum atomic E-state index is -0.358. The van der Waals surface area contributed by atoms with Gasteiger partial charge in [0.2, 0.25) is 5.91 Å². The van der Waals surface area contributed by atoms with Crippen LogP contribution in [0.4, 0.5) is 0 Å². The summed E-state index contributed by atoms with van der Waals surface area (Å²) in [6, 6.07) is 1.72. The predicted octanol–water partition coefficient (Wildman–Crippen LogP) is 1.23. The highest BCUT2D eigenvalue weighted by Crippen LogP contribution is 2.21. The van der Waals surface area contributed by atoms with Gasteiger partial charge in [-0.15, -0.1) is 0 Å². The lowest BCUT2D eigenvalue weighted by atomic mass is 9.98. The largest absolute Gasteiger partial charge is 0.370 e. The topological polar surface area (TPSA) is 92.1 Å². The third kappa shape index (κ3) is 3.37. The van der Waals surface area contributed by atoms with Crippen molar-refractivity contribution in [1.29, 1.82) is 0 Å². The van der Waals surface area contributed by atoms with E-state index in [0.717, 1.165) is 37.8 Å². The second-order valence-corrected chi connectivity index (χ2v) is 5.35. The van der Waals surface area contributed by atoms with Gasteiger partial charge in [0.05, 0.1) is 0 Å². The number of H-pyrrole nitrogens is 1. The second kappa shape index (κ2) is 6.54. The third-order valence-corrected chi connectivity index (χ3v) is 3.69. The zero-order valence-electron chi connectivity index (χ0n) is 11.9. The van der Waals surface area contributed by atoms with Gasteiger partial charge < -0.3 is 10.6 Å². The van der Waals surface area contributed by atoms with E-state index < -0.39 is 0 Å². The number of aromatic nitrogens is 2. The van der Waals surface area contributed by atoms with Crippen LogP contribution in [0.5, 0.6) is 0 Å². The van der Waals surface area contributed by atoms with Gasteiger partial charge in [0.1, 0.15) is 5.69 Å². The molecule has 1 atom stereocenters. The van der Waals surface area contributed by atoms with Crippen molar-refractivity contribution in [2.75, 3.05) is 6.54 Å². The molecule has 20 heavy (non-hydrogen) atoms. The first kappa shape index (κ1) is 14.6. The Labute approximate surface area is 118 Å². The molecular weight excluding hydrogens is 256 g/mol. The quantitative estimate of drug-likeness (QED) is 0.848. The highest BCUT2D eigenvalue weighted by Gasteiger charge is 2.29. The zero-order valence-corrected chi connectivity index (χ0v) is 11.9. The van der Waals surface area contributed by atoms with Crippen molar-refractivity contribution in [3.8, 4) is 0 Å². The van der Waals surface area contributed by atoms with Crippen LogP contribution in [0.2, 0.25) is 0 Å². The van der Waals surface area contributed by atoms with E-state index in [1.807, 2.05) is 6.07 Å². The number of aromatic amines is 1. The molecule has 1 fully saturated rings. The normalized spacial score (nSPS) is 19.1. The molecule has 1 saturated heterocycles. The van der Waals surface area contributed by atoms with Gasteiger partial charge in [-0.25, -0.2) is 0 Å². The number of amides is 2. The van der Waals surface area contributed by atoms with E-state index in [1.165, 1.54) is 0 Å². The summed E-state index contributed by atoms with van der Waals surface area (Å²) in [5.74, 6) is -0.460. The number of likely N-dealkylation sites (tertiary alicyclic amines) is 1. The molecule has 0 aliphatic carbocycles. The summed E-state index contributed by atoms with van der Waals surface area (Å²) in [6.07, 6.45) is 4.95. The fourth-order valence-corrected chi connectivity index (χ4v) is 2.73. The molecule has 1 aliphatic rings. The number of hydrogen-bond donors (Lipinski definition) is 2. The second-order valence-electron chi connectivity index (χ2n) is 5.35. The molecule has 2 heterocycles. The average Bonchev–Trinajstić information content (AvgIpc) is 2.87. The number of aryl methyl sites for hydroxylation is 1. The lowest BCUT2D eigenvalue weighted by Gasteiger charge is -2.34. The average molecular weight is 278 g/mol. The van der Waals surface area contributed by atoms with Crippen molar-refractivity contribution in [2.45, 2.75) is 51.5 Å². The first-order valence-corrected chi connectivity index (χ1v) is 7.25. The lowest BCUT2D eigenvalue weighted by molar-refractivity contribution is -0.119. The number of rotatable bonds is 5. The molecule has 0 saturated carbocycles. The van der Waals surface area contributed by atoms with Crippen LogP contribution in [0.1, 0.15) is 55.2 Å². The fraction of sp³-hybridized carbons (Fsp3) is 0.643. The third-order valence-electron chi connectivity index (χ3n) is 3.69. The molecule has 6 nitrogen and oxygen atoms in total. The summed E-state index contributed by atoms with van der Waals surface area (Å²) in [6.45, 7) is 2.75. The van der Waals surface area contributed by atoms with Crippen LogP contribution in [0.15, 0.2) is 6.07 Å². The van der Waals surface area contributed by atoms with Gasteiger partial charge in [-0.05, 0) is 31.7 Å². The van der Waals surface area contributed by atoms with Crippen LogP contribution >= 0.6 is 0 Å². The van der Waals surface area contributed by atoms with E-state index in [-0.39, 0.29) is 24.3 Å². The fourth-order valence-electron chi connectivity index (χ4n) is 2.73. The van der Waals surface area contributed by atoms with E-state index in [0.29, 0.717) is 12.2 Å². The molecule has 2 amide bonds. The maximum Gasteiger partial charge on any atom is 0.274 e. The van der Waals surface area contributed by atoms with E-state index in [2.05, 4.69) is 17.1 Å². The number of primary amides is 1. The molecule has 0 radical (unpaired) electrons. The monoisotopic (exact) mass is 278 g/mol. The van der Waals surface area contributed by atoms with E-state index in [4.69, 9.17) is 5.73 Å². The molecule has 0 spiro atoms. The number of piperidine rings is 1. The molecule has 6 heteroatoms. The van der Waals surface area contributed by atoms with Crippen LogP contribution in [0, 0.1) is 0 Å². The molecule has 1 aromatic heterocycles. The van der Waals surface area contributed by atoms with Crippen LogP contribution in [-0.2, 0) is 11.2 Å². The first-order valence-electron chi connectivity index (χ1n) is 7.25. The Morgan fingerprint density at radius 3 is 3.00 bits per heavy atom. The highest BCUT2D eigenvalue weighted by atomic mass is 16.2. The molecule has 0 unspecified atom stereocenters. The van der Waals surface area contributed by atoms with Gasteiger partial charge >= 0.3 is 0 Å². The van der Waals surface area contributed by atoms with Crippen molar-refractivity contribution < 1.29 is 9.59 Å². The molecule has 110 valence electrons. The Kier molecular flexibility index (Phi) is 4.76. The number of nitrogens with one attached hydrogen (secondary N) is 1. The van der Waals surface area contributed by atoms with Gasteiger partial charge in [-0.2, -0.15) is 5.10 Å². The van der Waals surface area contributed by atoms with Crippen molar-refractivity contribution in [2.24, 2.45) is 5.73 Å². The lowest BCUT2D eigenvalue weighted by Crippen LogP contribution is -2.45. The summed E-state index contributed by atoms with van der Waals surface area (Å²) >= 11 is 0. The van der Waals surface area contributed by atoms with Gasteiger partial charge in [0.15, 0.2) is 0 Å². The molecule has 1 aliphatic heterocycles. The summed E-state index contributed by atoms with van der Waals surface area (Å²) in [5.41, 5.74) is 6.68. The van der Waals surface area contributed by atoms with Crippen LogP contribution < -0.4 is 5.73 Å². The Bertz CT molecular complexity index is 483. The van der Waals surface area contributed by atoms with E-state index in [9.17, 15) is 9.59 Å². The van der Waals surface area contributed by atoms with Gasteiger partial charge in [0, 0.05) is 24.7 Å². The van der Waals surface area contributed by atoms with Gasteiger partial charge in [0.25, 0.3) is 5.91 Å². The highest BCUT2D eigenvalue weighted by molar-refractivity contribution is 5.93. The van der Waals surface area contributed by atoms with E-state index in [1.54, 1.807) is 4.90 Å². The zero-order chi connectivity index (χ0) is 14.5. The Morgan fingerprint density at radius 2 is 2.30 bits per heavy atom. The summed E-state index contributed by atoms with van der Waals surface area (Å²) < 4.78 is 0. The molecular formula is C14H22N4O2. The van der Waals surface area contributed by atoms with Crippen LogP contribution in [-0.4, -0.2) is 39.5 Å². The number of nitrogens with zero attached hydrogens (tertiary/aromatic N) is 2. The van der Waals surface area contributed by atoms with Crippen molar-refractivity contribution in [1.82, 2.24) is 15.1 Å². The van der Waals surface area contributed by atoms with Crippen molar-refractivity contribution in [3.05, 3.63) is 17.5 Å². The summed E-state index contributed by atoms with van der Waals surface area (Å²) in [4.78, 5) is 25.4. The standard InChI is InChI=1S/C14H22N4O2/c1-2-5-10-8-12(17-16-10)14(20)18-7-4-3-6-11(18)9-13(15)19/h8,11H,2-7,9H2,1H3,(H2,15,19)(H,16,17)/t11-/m1/s1. The maximum atomic E-state index is 12.5.